The van der Waals surface area contributed by atoms with E-state index in [1.807, 2.05) is 20.9 Å². The van der Waals surface area contributed by atoms with Crippen LogP contribution in [0, 0.1) is 13.8 Å². The number of ether oxygens (including phenoxy) is 2. The number of rotatable bonds is 9. The third-order valence-electron chi connectivity index (χ3n) is 3.86. The van der Waals surface area contributed by atoms with Crippen LogP contribution in [-0.4, -0.2) is 44.1 Å². The molecule has 0 aromatic heterocycles. The number of carbonyl (C=O) groups excluding carboxylic acids is 3. The quantitative estimate of drug-likeness (QED) is 0.653. The van der Waals surface area contributed by atoms with E-state index in [-0.39, 0.29) is 32.0 Å². The molecule has 1 unspecified atom stereocenters. The van der Waals surface area contributed by atoms with Crippen molar-refractivity contribution < 1.29 is 23.9 Å². The number of carbonyl (C=O) groups is 3. The Morgan fingerprint density at radius 2 is 1.62 bits per heavy atom. The third kappa shape index (κ3) is 6.06. The molecule has 1 aromatic rings. The number of hydrogen-bond acceptors (Lipinski definition) is 6. The molecule has 2 N–H and O–H groups in total. The maximum atomic E-state index is 12.6. The molecule has 0 radical (unpaired) electrons. The van der Waals surface area contributed by atoms with Crippen LogP contribution in [-0.2, 0) is 19.1 Å². The molecular weight excluding hydrogens is 336 g/mol. The van der Waals surface area contributed by atoms with Crippen LogP contribution in [0.1, 0.15) is 48.2 Å². The second-order valence-electron chi connectivity index (χ2n) is 5.86. The number of amides is 1. The molecule has 0 bridgehead atoms. The monoisotopic (exact) mass is 364 g/mol. The Balaban J connectivity index is 2.90. The first kappa shape index (κ1) is 21.5. The highest BCUT2D eigenvalue weighted by molar-refractivity contribution is 5.97. The van der Waals surface area contributed by atoms with E-state index < -0.39 is 18.0 Å². The van der Waals surface area contributed by atoms with Gasteiger partial charge < -0.3 is 20.1 Å². The first-order valence-corrected chi connectivity index (χ1v) is 8.76. The van der Waals surface area contributed by atoms with Gasteiger partial charge in [-0.2, -0.15) is 0 Å². The molecule has 144 valence electrons. The number of esters is 2. The zero-order chi connectivity index (χ0) is 19.7. The summed E-state index contributed by atoms with van der Waals surface area (Å²) in [4.78, 5) is 36.2. The minimum atomic E-state index is -0.906. The summed E-state index contributed by atoms with van der Waals surface area (Å²) >= 11 is 0. The fourth-order valence-corrected chi connectivity index (χ4v) is 2.72. The van der Waals surface area contributed by atoms with Gasteiger partial charge in [0.25, 0.3) is 5.91 Å². The number of hydrogen-bond donors (Lipinski definition) is 2. The molecule has 1 atom stereocenters. The summed E-state index contributed by atoms with van der Waals surface area (Å²) in [6.07, 6.45) is 0.143. The van der Waals surface area contributed by atoms with Gasteiger partial charge in [-0.05, 0) is 57.4 Å². The average Bonchev–Trinajstić information content (AvgIpc) is 2.58. The minimum Gasteiger partial charge on any atom is -0.466 e. The number of nitrogens with one attached hydrogen (secondary N) is 2. The van der Waals surface area contributed by atoms with E-state index in [0.29, 0.717) is 5.56 Å². The van der Waals surface area contributed by atoms with Crippen LogP contribution in [0.25, 0.3) is 0 Å². The van der Waals surface area contributed by atoms with Crippen molar-refractivity contribution in [2.75, 3.05) is 25.6 Å². The smallest absolute Gasteiger partial charge is 0.328 e. The molecule has 0 saturated heterocycles. The van der Waals surface area contributed by atoms with Gasteiger partial charge in [-0.1, -0.05) is 0 Å². The van der Waals surface area contributed by atoms with E-state index in [2.05, 4.69) is 10.6 Å². The van der Waals surface area contributed by atoms with Crippen molar-refractivity contribution in [1.82, 2.24) is 5.32 Å². The molecule has 0 heterocycles. The largest absolute Gasteiger partial charge is 0.466 e. The van der Waals surface area contributed by atoms with Crippen LogP contribution in [0.3, 0.4) is 0 Å². The van der Waals surface area contributed by atoms with Gasteiger partial charge in [0.1, 0.15) is 6.04 Å². The molecule has 0 aliphatic rings. The van der Waals surface area contributed by atoms with E-state index in [0.717, 1.165) is 16.8 Å². The maximum Gasteiger partial charge on any atom is 0.328 e. The Morgan fingerprint density at radius 1 is 1.04 bits per heavy atom. The molecule has 7 nitrogen and oxygen atoms in total. The van der Waals surface area contributed by atoms with Gasteiger partial charge >= 0.3 is 11.9 Å². The molecule has 1 rings (SSSR count). The van der Waals surface area contributed by atoms with Crippen LogP contribution >= 0.6 is 0 Å². The van der Waals surface area contributed by atoms with Crippen molar-refractivity contribution in [3.8, 4) is 0 Å². The highest BCUT2D eigenvalue weighted by Gasteiger charge is 2.24. The molecule has 0 aliphatic heterocycles. The predicted octanol–water partition coefficient (Wildman–Crippen LogP) is 2.35. The van der Waals surface area contributed by atoms with Gasteiger partial charge in [-0.3, -0.25) is 9.59 Å². The molecule has 0 saturated carbocycles. The molecule has 26 heavy (non-hydrogen) atoms. The van der Waals surface area contributed by atoms with E-state index in [9.17, 15) is 14.4 Å². The van der Waals surface area contributed by atoms with Crippen LogP contribution in [0.4, 0.5) is 5.69 Å². The first-order chi connectivity index (χ1) is 12.3. The Kier molecular flexibility index (Phi) is 8.61. The molecule has 0 fully saturated rings. The van der Waals surface area contributed by atoms with E-state index in [1.54, 1.807) is 26.0 Å². The average molecular weight is 364 g/mol. The Bertz CT molecular complexity index is 634. The molecule has 0 aliphatic carbocycles. The van der Waals surface area contributed by atoms with Crippen LogP contribution in [0.2, 0.25) is 0 Å². The van der Waals surface area contributed by atoms with Crippen molar-refractivity contribution in [3.63, 3.8) is 0 Å². The van der Waals surface area contributed by atoms with Crippen molar-refractivity contribution in [3.05, 3.63) is 28.8 Å². The van der Waals surface area contributed by atoms with Gasteiger partial charge in [0.05, 0.1) is 13.2 Å². The van der Waals surface area contributed by atoms with Crippen molar-refractivity contribution >= 4 is 23.5 Å². The predicted molar refractivity (Wildman–Crippen MR) is 99.2 cm³/mol. The van der Waals surface area contributed by atoms with Crippen molar-refractivity contribution in [1.29, 1.82) is 0 Å². The summed E-state index contributed by atoms with van der Waals surface area (Å²) in [5, 5.41) is 5.76. The second-order valence-corrected chi connectivity index (χ2v) is 5.86. The molecule has 7 heteroatoms. The minimum absolute atomic E-state index is 0.0222. The van der Waals surface area contributed by atoms with Gasteiger partial charge in [-0.15, -0.1) is 0 Å². The lowest BCUT2D eigenvalue weighted by Crippen LogP contribution is -2.42. The highest BCUT2D eigenvalue weighted by Crippen LogP contribution is 2.21. The molecular formula is C19H28N2O5. The fraction of sp³-hybridized carbons (Fsp3) is 0.526. The number of anilines is 1. The van der Waals surface area contributed by atoms with E-state index in [1.165, 1.54) is 0 Å². The van der Waals surface area contributed by atoms with Crippen molar-refractivity contribution in [2.45, 2.75) is 46.6 Å². The third-order valence-corrected chi connectivity index (χ3v) is 3.86. The van der Waals surface area contributed by atoms with Gasteiger partial charge in [0.2, 0.25) is 0 Å². The zero-order valence-corrected chi connectivity index (χ0v) is 16.1. The fourth-order valence-electron chi connectivity index (χ4n) is 2.72. The Morgan fingerprint density at radius 3 is 2.12 bits per heavy atom. The Hall–Kier alpha value is -2.57. The van der Waals surface area contributed by atoms with Gasteiger partial charge in [0.15, 0.2) is 0 Å². The summed E-state index contributed by atoms with van der Waals surface area (Å²) in [6, 6.07) is 2.60. The summed E-state index contributed by atoms with van der Waals surface area (Å²) in [6.45, 7) is 7.66. The topological polar surface area (TPSA) is 93.7 Å². The molecule has 0 spiro atoms. The summed E-state index contributed by atoms with van der Waals surface area (Å²) in [7, 11) is 1.82. The van der Waals surface area contributed by atoms with Gasteiger partial charge in [0, 0.05) is 24.7 Å². The highest BCUT2D eigenvalue weighted by atomic mass is 16.5. The van der Waals surface area contributed by atoms with E-state index in [4.69, 9.17) is 9.47 Å². The standard InChI is InChI=1S/C19H28N2O5/c1-6-25-16(22)9-8-15(19(24)26-7-2)21-18(23)14-10-12(3)17(20-5)13(4)11-14/h10-11,15,20H,6-9H2,1-5H3,(H,21,23). The zero-order valence-electron chi connectivity index (χ0n) is 16.1. The summed E-state index contributed by atoms with van der Waals surface area (Å²) in [5.41, 5.74) is 3.27. The van der Waals surface area contributed by atoms with Crippen LogP contribution in [0.5, 0.6) is 0 Å². The normalized spacial score (nSPS) is 11.4. The van der Waals surface area contributed by atoms with E-state index >= 15 is 0 Å². The second kappa shape index (κ2) is 10.4. The SMILES string of the molecule is CCOC(=O)CCC(NC(=O)c1cc(C)c(NC)c(C)c1)C(=O)OCC. The lowest BCUT2D eigenvalue weighted by atomic mass is 10.0. The molecule has 1 aromatic carbocycles. The van der Waals surface area contributed by atoms with Gasteiger partial charge in [-0.25, -0.2) is 4.79 Å². The van der Waals surface area contributed by atoms with Crippen molar-refractivity contribution in [2.24, 2.45) is 0 Å². The lowest BCUT2D eigenvalue weighted by molar-refractivity contribution is -0.146. The summed E-state index contributed by atoms with van der Waals surface area (Å²) < 4.78 is 9.87. The maximum absolute atomic E-state index is 12.6. The number of benzene rings is 1. The lowest BCUT2D eigenvalue weighted by Gasteiger charge is -2.18. The van der Waals surface area contributed by atoms with Crippen LogP contribution in [0.15, 0.2) is 12.1 Å². The Labute approximate surface area is 154 Å². The molecule has 1 amide bonds. The number of aryl methyl sites for hydroxylation is 2. The summed E-state index contributed by atoms with van der Waals surface area (Å²) in [5.74, 6) is -1.37. The van der Waals surface area contributed by atoms with Crippen LogP contribution < -0.4 is 10.6 Å². The first-order valence-electron chi connectivity index (χ1n) is 8.76.